The van der Waals surface area contributed by atoms with E-state index in [1.807, 2.05) is 0 Å². The van der Waals surface area contributed by atoms with Gasteiger partial charge in [0.25, 0.3) is 0 Å². The third-order valence-corrected chi connectivity index (χ3v) is 2.53. The zero-order valence-corrected chi connectivity index (χ0v) is 8.54. The summed E-state index contributed by atoms with van der Waals surface area (Å²) >= 11 is 1.21. The highest BCUT2D eigenvalue weighted by atomic mass is 32.2. The number of nitrogens with two attached hydrogens (primary N) is 1. The number of amides is 1. The van der Waals surface area contributed by atoms with Crippen molar-refractivity contribution in [2.75, 3.05) is 18.9 Å². The highest BCUT2D eigenvalue weighted by Crippen LogP contribution is 2.18. The number of nitrogens with zero attached hydrogens (tertiary/aromatic N) is 2. The number of rotatable bonds is 3. The van der Waals surface area contributed by atoms with Gasteiger partial charge in [0.1, 0.15) is 6.54 Å². The van der Waals surface area contributed by atoms with Gasteiger partial charge >= 0.3 is 5.97 Å². The first-order valence-corrected chi connectivity index (χ1v) is 5.04. The Labute approximate surface area is 85.4 Å². The topological polar surface area (TPSA) is 85.0 Å². The molecule has 7 heteroatoms. The lowest BCUT2D eigenvalue weighted by atomic mass is 10.5. The Hall–Kier alpha value is -1.24. The molecule has 1 heterocycles. The molecule has 0 unspecified atom stereocenters. The summed E-state index contributed by atoms with van der Waals surface area (Å²) in [4.78, 5) is 23.6. The van der Waals surface area contributed by atoms with Crippen LogP contribution < -0.4 is 5.84 Å². The lowest BCUT2D eigenvalue weighted by Crippen LogP contribution is -2.35. The van der Waals surface area contributed by atoms with Crippen LogP contribution in [0.4, 0.5) is 0 Å². The van der Waals surface area contributed by atoms with E-state index in [0.717, 1.165) is 0 Å². The number of thioether (sulfide) groups is 1. The van der Waals surface area contributed by atoms with Gasteiger partial charge in [-0.1, -0.05) is 11.8 Å². The van der Waals surface area contributed by atoms with Gasteiger partial charge in [-0.05, 0) is 6.92 Å². The van der Waals surface area contributed by atoms with Crippen LogP contribution in [0.3, 0.4) is 0 Å². The fraction of sp³-hybridized carbons (Fsp3) is 0.571. The van der Waals surface area contributed by atoms with Gasteiger partial charge in [0, 0.05) is 0 Å². The molecule has 0 bridgehead atoms. The average molecular weight is 217 g/mol. The molecule has 0 saturated carbocycles. The molecule has 1 aliphatic rings. The van der Waals surface area contributed by atoms with Crippen molar-refractivity contribution in [2.24, 2.45) is 10.9 Å². The number of esters is 1. The van der Waals surface area contributed by atoms with E-state index < -0.39 is 5.97 Å². The Morgan fingerprint density at radius 1 is 1.79 bits per heavy atom. The summed E-state index contributed by atoms with van der Waals surface area (Å²) in [6.45, 7) is 1.88. The standard InChI is InChI=1S/C7H11N3O3S/c1-2-13-6(12)3-10-5(11)4-14-7(10)9-8/h2-4,8H2,1H3/b9-7+. The smallest absolute Gasteiger partial charge is 0.326 e. The number of hydrogen-bond acceptors (Lipinski definition) is 6. The maximum atomic E-state index is 11.2. The maximum absolute atomic E-state index is 11.2. The second kappa shape index (κ2) is 4.85. The first-order chi connectivity index (χ1) is 6.69. The molecule has 0 atom stereocenters. The van der Waals surface area contributed by atoms with Crippen LogP contribution in [0.2, 0.25) is 0 Å². The molecule has 1 amide bonds. The minimum absolute atomic E-state index is 0.115. The van der Waals surface area contributed by atoms with E-state index in [-0.39, 0.29) is 18.2 Å². The van der Waals surface area contributed by atoms with E-state index in [4.69, 9.17) is 10.6 Å². The van der Waals surface area contributed by atoms with Gasteiger partial charge < -0.3 is 10.6 Å². The average Bonchev–Trinajstić information content (AvgIpc) is 2.48. The van der Waals surface area contributed by atoms with Crippen molar-refractivity contribution in [3.8, 4) is 0 Å². The molecule has 1 aliphatic heterocycles. The van der Waals surface area contributed by atoms with Gasteiger partial charge in [-0.2, -0.15) is 5.10 Å². The lowest BCUT2D eigenvalue weighted by molar-refractivity contribution is -0.145. The van der Waals surface area contributed by atoms with Crippen LogP contribution >= 0.6 is 11.8 Å². The summed E-state index contributed by atoms with van der Waals surface area (Å²) in [7, 11) is 0. The largest absolute Gasteiger partial charge is 0.465 e. The quantitative estimate of drug-likeness (QED) is 0.386. The van der Waals surface area contributed by atoms with E-state index in [0.29, 0.717) is 11.8 Å². The van der Waals surface area contributed by atoms with E-state index >= 15 is 0 Å². The van der Waals surface area contributed by atoms with Crippen molar-refractivity contribution >= 4 is 28.8 Å². The molecule has 0 aliphatic carbocycles. The molecule has 0 radical (unpaired) electrons. The third kappa shape index (κ3) is 2.38. The second-order valence-electron chi connectivity index (χ2n) is 2.49. The molecular weight excluding hydrogens is 206 g/mol. The zero-order valence-electron chi connectivity index (χ0n) is 7.73. The fourth-order valence-electron chi connectivity index (χ4n) is 0.987. The van der Waals surface area contributed by atoms with E-state index in [2.05, 4.69) is 5.10 Å². The normalized spacial score (nSPS) is 19.1. The summed E-state index contributed by atoms with van der Waals surface area (Å²) in [5, 5.41) is 3.77. The SMILES string of the molecule is CCOC(=O)CN1C(=O)CS/C1=N/N. The van der Waals surface area contributed by atoms with Crippen LogP contribution in [-0.4, -0.2) is 40.8 Å². The van der Waals surface area contributed by atoms with Gasteiger partial charge in [-0.25, -0.2) is 0 Å². The van der Waals surface area contributed by atoms with E-state index in [1.54, 1.807) is 6.92 Å². The minimum atomic E-state index is -0.454. The Morgan fingerprint density at radius 3 is 3.07 bits per heavy atom. The van der Waals surface area contributed by atoms with Crippen LogP contribution in [0.25, 0.3) is 0 Å². The van der Waals surface area contributed by atoms with Gasteiger partial charge in [0.2, 0.25) is 5.91 Å². The molecule has 14 heavy (non-hydrogen) atoms. The van der Waals surface area contributed by atoms with Crippen LogP contribution in [0, 0.1) is 0 Å². The third-order valence-electron chi connectivity index (χ3n) is 1.56. The number of hydrazone groups is 1. The summed E-state index contributed by atoms with van der Waals surface area (Å²) in [6.07, 6.45) is 0. The van der Waals surface area contributed by atoms with Crippen molar-refractivity contribution in [3.63, 3.8) is 0 Å². The molecule has 0 spiro atoms. The summed E-state index contributed by atoms with van der Waals surface area (Å²) in [6, 6.07) is 0. The molecule has 1 saturated heterocycles. The van der Waals surface area contributed by atoms with Crippen molar-refractivity contribution < 1.29 is 14.3 Å². The Morgan fingerprint density at radius 2 is 2.50 bits per heavy atom. The number of amidine groups is 1. The monoisotopic (exact) mass is 217 g/mol. The second-order valence-corrected chi connectivity index (χ2v) is 3.43. The molecule has 0 aromatic rings. The highest BCUT2D eigenvalue weighted by Gasteiger charge is 2.30. The number of carbonyl (C=O) groups excluding carboxylic acids is 2. The molecule has 1 fully saturated rings. The number of ether oxygens (including phenoxy) is 1. The molecule has 2 N–H and O–H groups in total. The minimum Gasteiger partial charge on any atom is -0.465 e. The van der Waals surface area contributed by atoms with Crippen LogP contribution in [0.5, 0.6) is 0 Å². The molecule has 6 nitrogen and oxygen atoms in total. The highest BCUT2D eigenvalue weighted by molar-refractivity contribution is 8.15. The molecule has 0 aromatic heterocycles. The molecular formula is C7H11N3O3S. The van der Waals surface area contributed by atoms with Crippen LogP contribution in [0.1, 0.15) is 6.92 Å². The number of carbonyl (C=O) groups is 2. The zero-order chi connectivity index (χ0) is 10.6. The Balaban J connectivity index is 2.57. The summed E-state index contributed by atoms with van der Waals surface area (Å²) in [5.41, 5.74) is 0. The first kappa shape index (κ1) is 10.8. The first-order valence-electron chi connectivity index (χ1n) is 4.05. The van der Waals surface area contributed by atoms with Crippen molar-refractivity contribution in [2.45, 2.75) is 6.92 Å². The predicted octanol–water partition coefficient (Wildman–Crippen LogP) is -0.645. The van der Waals surface area contributed by atoms with Gasteiger partial charge in [-0.15, -0.1) is 0 Å². The van der Waals surface area contributed by atoms with Crippen molar-refractivity contribution in [3.05, 3.63) is 0 Å². The van der Waals surface area contributed by atoms with E-state index in [9.17, 15) is 9.59 Å². The van der Waals surface area contributed by atoms with Crippen LogP contribution in [0.15, 0.2) is 5.10 Å². The molecule has 78 valence electrons. The van der Waals surface area contributed by atoms with Gasteiger partial charge in [-0.3, -0.25) is 14.5 Å². The maximum Gasteiger partial charge on any atom is 0.326 e. The Bertz CT molecular complexity index is 279. The van der Waals surface area contributed by atoms with Gasteiger partial charge in [0.15, 0.2) is 5.17 Å². The van der Waals surface area contributed by atoms with Gasteiger partial charge in [0.05, 0.1) is 12.4 Å². The van der Waals surface area contributed by atoms with E-state index in [1.165, 1.54) is 16.7 Å². The van der Waals surface area contributed by atoms with Crippen LogP contribution in [-0.2, 0) is 14.3 Å². The predicted molar refractivity (Wildman–Crippen MR) is 52.4 cm³/mol. The lowest BCUT2D eigenvalue weighted by Gasteiger charge is -2.13. The number of hydrogen-bond donors (Lipinski definition) is 1. The fourth-order valence-corrected chi connectivity index (χ4v) is 1.79. The van der Waals surface area contributed by atoms with Crippen molar-refractivity contribution in [1.29, 1.82) is 0 Å². The summed E-state index contributed by atoms with van der Waals surface area (Å²) in [5.74, 6) is 4.70. The molecule has 0 aromatic carbocycles. The molecule has 1 rings (SSSR count). The Kier molecular flexibility index (Phi) is 3.75. The summed E-state index contributed by atoms with van der Waals surface area (Å²) < 4.78 is 4.71. The van der Waals surface area contributed by atoms with Crippen molar-refractivity contribution in [1.82, 2.24) is 4.90 Å².